The second-order valence-corrected chi connectivity index (χ2v) is 5.53. The van der Waals surface area contributed by atoms with E-state index in [4.69, 9.17) is 15.2 Å². The molecular formula is C16H25NO3. The molecule has 3 atom stereocenters. The first-order valence-electron chi connectivity index (χ1n) is 7.34. The molecule has 1 aliphatic heterocycles. The molecule has 0 spiro atoms. The molecule has 4 heteroatoms. The first-order chi connectivity index (χ1) is 9.60. The molecular weight excluding hydrogens is 254 g/mol. The van der Waals surface area contributed by atoms with Crippen LogP contribution in [0.15, 0.2) is 12.1 Å². The van der Waals surface area contributed by atoms with E-state index in [-0.39, 0.29) is 24.7 Å². The number of nitrogens with two attached hydrogens (primary N) is 1. The Morgan fingerprint density at radius 2 is 2.25 bits per heavy atom. The lowest BCUT2D eigenvalue weighted by molar-refractivity contribution is 0.252. The van der Waals surface area contributed by atoms with Crippen molar-refractivity contribution in [3.8, 4) is 11.5 Å². The highest BCUT2D eigenvalue weighted by atomic mass is 16.5. The van der Waals surface area contributed by atoms with Gasteiger partial charge < -0.3 is 20.3 Å². The molecule has 112 valence electrons. The van der Waals surface area contributed by atoms with Crippen molar-refractivity contribution in [1.29, 1.82) is 0 Å². The largest absolute Gasteiger partial charge is 0.496 e. The lowest BCUT2D eigenvalue weighted by Gasteiger charge is -2.25. The number of hydrogen-bond donors (Lipinski definition) is 2. The van der Waals surface area contributed by atoms with Crippen molar-refractivity contribution in [2.75, 3.05) is 13.7 Å². The Morgan fingerprint density at radius 3 is 2.85 bits per heavy atom. The zero-order valence-corrected chi connectivity index (χ0v) is 12.6. The average Bonchev–Trinajstić information content (AvgIpc) is 2.81. The van der Waals surface area contributed by atoms with E-state index in [2.05, 4.69) is 19.9 Å². The predicted molar refractivity (Wildman–Crippen MR) is 79.5 cm³/mol. The third-order valence-electron chi connectivity index (χ3n) is 4.08. The Hall–Kier alpha value is -1.26. The number of aliphatic hydroxyl groups is 1. The minimum atomic E-state index is 0.00734. The molecule has 0 bridgehead atoms. The number of fused-ring (bicyclic) bond motifs is 1. The summed E-state index contributed by atoms with van der Waals surface area (Å²) >= 11 is 0. The van der Waals surface area contributed by atoms with Crippen molar-refractivity contribution in [1.82, 2.24) is 0 Å². The van der Waals surface area contributed by atoms with Gasteiger partial charge in [-0.3, -0.25) is 0 Å². The highest BCUT2D eigenvalue weighted by Gasteiger charge is 2.27. The summed E-state index contributed by atoms with van der Waals surface area (Å²) in [6.07, 6.45) is 2.62. The van der Waals surface area contributed by atoms with Gasteiger partial charge in [-0.05, 0) is 31.9 Å². The monoisotopic (exact) mass is 279 g/mol. The van der Waals surface area contributed by atoms with Crippen LogP contribution in [0, 0.1) is 0 Å². The second-order valence-electron chi connectivity index (χ2n) is 5.53. The molecule has 1 heterocycles. The van der Waals surface area contributed by atoms with Crippen LogP contribution in [-0.4, -0.2) is 31.0 Å². The Morgan fingerprint density at radius 1 is 1.50 bits per heavy atom. The molecule has 0 amide bonds. The van der Waals surface area contributed by atoms with Gasteiger partial charge in [-0.25, -0.2) is 0 Å². The third-order valence-corrected chi connectivity index (χ3v) is 4.08. The fourth-order valence-corrected chi connectivity index (χ4v) is 2.95. The smallest absolute Gasteiger partial charge is 0.123 e. The first kappa shape index (κ1) is 15.1. The lowest BCUT2D eigenvalue weighted by Crippen LogP contribution is -2.28. The van der Waals surface area contributed by atoms with E-state index < -0.39 is 0 Å². The number of ether oxygens (including phenoxy) is 2. The van der Waals surface area contributed by atoms with Crippen molar-refractivity contribution in [2.24, 2.45) is 5.73 Å². The lowest BCUT2D eigenvalue weighted by atomic mass is 9.86. The fraction of sp³-hybridized carbons (Fsp3) is 0.625. The van der Waals surface area contributed by atoms with Crippen LogP contribution in [0.4, 0.5) is 0 Å². The highest BCUT2D eigenvalue weighted by molar-refractivity contribution is 5.50. The van der Waals surface area contributed by atoms with E-state index in [0.29, 0.717) is 6.42 Å². The van der Waals surface area contributed by atoms with Gasteiger partial charge in [-0.15, -0.1) is 0 Å². The van der Waals surface area contributed by atoms with Crippen LogP contribution in [0.25, 0.3) is 0 Å². The summed E-state index contributed by atoms with van der Waals surface area (Å²) in [6, 6.07) is 4.11. The van der Waals surface area contributed by atoms with Crippen molar-refractivity contribution < 1.29 is 14.6 Å². The molecule has 0 fully saturated rings. The fourth-order valence-electron chi connectivity index (χ4n) is 2.95. The quantitative estimate of drug-likeness (QED) is 0.838. The zero-order chi connectivity index (χ0) is 14.7. The van der Waals surface area contributed by atoms with Gasteiger partial charge in [0, 0.05) is 36.1 Å². The van der Waals surface area contributed by atoms with Gasteiger partial charge in [-0.2, -0.15) is 0 Å². The summed E-state index contributed by atoms with van der Waals surface area (Å²) < 4.78 is 11.4. The van der Waals surface area contributed by atoms with E-state index in [0.717, 1.165) is 29.9 Å². The summed E-state index contributed by atoms with van der Waals surface area (Å²) in [5, 5.41) is 9.31. The first-order valence-corrected chi connectivity index (χ1v) is 7.34. The van der Waals surface area contributed by atoms with E-state index >= 15 is 0 Å². The van der Waals surface area contributed by atoms with Crippen molar-refractivity contribution in [2.45, 2.75) is 51.2 Å². The molecule has 1 aliphatic rings. The van der Waals surface area contributed by atoms with Gasteiger partial charge in [0.25, 0.3) is 0 Å². The third kappa shape index (κ3) is 2.91. The van der Waals surface area contributed by atoms with Crippen LogP contribution in [0.3, 0.4) is 0 Å². The zero-order valence-electron chi connectivity index (χ0n) is 12.6. The molecule has 3 N–H and O–H groups in total. The van der Waals surface area contributed by atoms with Crippen molar-refractivity contribution in [3.63, 3.8) is 0 Å². The van der Waals surface area contributed by atoms with E-state index in [1.165, 1.54) is 5.56 Å². The second kappa shape index (κ2) is 6.46. The maximum Gasteiger partial charge on any atom is 0.123 e. The van der Waals surface area contributed by atoms with Gasteiger partial charge in [-0.1, -0.05) is 6.92 Å². The standard InChI is InChI=1S/C16H25NO3/c1-4-14(17)12(5-6-18)13-9-15-11(7-10(2)20-15)8-16(13)19-3/h8-10,12,14,18H,4-7,17H2,1-3H3. The summed E-state index contributed by atoms with van der Waals surface area (Å²) in [5.41, 5.74) is 8.46. The van der Waals surface area contributed by atoms with Crippen LogP contribution in [0.1, 0.15) is 43.7 Å². The SMILES string of the molecule is CCC(N)C(CCO)c1cc2c(cc1OC)CC(C)O2. The summed E-state index contributed by atoms with van der Waals surface area (Å²) in [6.45, 7) is 4.25. The molecule has 0 aromatic heterocycles. The van der Waals surface area contributed by atoms with Crippen LogP contribution in [0.2, 0.25) is 0 Å². The Labute approximate surface area is 120 Å². The van der Waals surface area contributed by atoms with E-state index in [9.17, 15) is 5.11 Å². The Bertz CT molecular complexity index is 461. The summed E-state index contributed by atoms with van der Waals surface area (Å²) in [4.78, 5) is 0. The molecule has 0 saturated heterocycles. The van der Waals surface area contributed by atoms with Crippen molar-refractivity contribution in [3.05, 3.63) is 23.3 Å². The molecule has 0 aliphatic carbocycles. The van der Waals surface area contributed by atoms with Crippen molar-refractivity contribution >= 4 is 0 Å². The number of rotatable bonds is 6. The van der Waals surface area contributed by atoms with E-state index in [1.54, 1.807) is 7.11 Å². The van der Waals surface area contributed by atoms with Gasteiger partial charge in [0.2, 0.25) is 0 Å². The molecule has 1 aromatic carbocycles. The van der Waals surface area contributed by atoms with Crippen LogP contribution >= 0.6 is 0 Å². The minimum absolute atomic E-state index is 0.00734. The molecule has 0 radical (unpaired) electrons. The van der Waals surface area contributed by atoms with E-state index in [1.807, 2.05) is 6.07 Å². The van der Waals surface area contributed by atoms with Gasteiger partial charge in [0.1, 0.15) is 17.6 Å². The molecule has 1 aromatic rings. The minimum Gasteiger partial charge on any atom is -0.496 e. The number of benzene rings is 1. The Kier molecular flexibility index (Phi) is 4.89. The molecule has 4 nitrogen and oxygen atoms in total. The highest BCUT2D eigenvalue weighted by Crippen LogP contribution is 2.40. The topological polar surface area (TPSA) is 64.7 Å². The van der Waals surface area contributed by atoms with Gasteiger partial charge >= 0.3 is 0 Å². The summed E-state index contributed by atoms with van der Waals surface area (Å²) in [5.74, 6) is 1.87. The molecule has 0 saturated carbocycles. The maximum absolute atomic E-state index is 9.31. The number of methoxy groups -OCH3 is 1. The molecule has 20 heavy (non-hydrogen) atoms. The van der Waals surface area contributed by atoms with Gasteiger partial charge in [0.15, 0.2) is 0 Å². The average molecular weight is 279 g/mol. The summed E-state index contributed by atoms with van der Waals surface area (Å²) in [7, 11) is 1.68. The molecule has 2 rings (SSSR count). The molecule has 3 unspecified atom stereocenters. The predicted octanol–water partition coefficient (Wildman–Crippen LogP) is 2.22. The van der Waals surface area contributed by atoms with Crippen LogP contribution in [0.5, 0.6) is 11.5 Å². The van der Waals surface area contributed by atoms with Crippen LogP contribution in [-0.2, 0) is 6.42 Å². The Balaban J connectivity index is 2.40. The van der Waals surface area contributed by atoms with Gasteiger partial charge in [0.05, 0.1) is 7.11 Å². The van der Waals surface area contributed by atoms with Crippen LogP contribution < -0.4 is 15.2 Å². The number of hydrogen-bond acceptors (Lipinski definition) is 4. The maximum atomic E-state index is 9.31. The normalized spacial score (nSPS) is 20.1. The number of aliphatic hydroxyl groups excluding tert-OH is 1.